The van der Waals surface area contributed by atoms with Gasteiger partial charge >= 0.3 is 0 Å². The summed E-state index contributed by atoms with van der Waals surface area (Å²) >= 11 is 5.69. The normalized spacial score (nSPS) is 29.7. The summed E-state index contributed by atoms with van der Waals surface area (Å²) in [6.07, 6.45) is 1.91. The molecule has 0 amide bonds. The van der Waals surface area contributed by atoms with Crippen molar-refractivity contribution in [1.82, 2.24) is 0 Å². The summed E-state index contributed by atoms with van der Waals surface area (Å²) in [5.74, 6) is -0.418. The fraction of sp³-hybridized carbons (Fsp3) is 0.600. The van der Waals surface area contributed by atoms with E-state index in [4.69, 9.17) is 17.3 Å². The SMILES string of the molecule is CC1(C)CCC(CN)(Cc2ccc(Cl)c(F)c2)C1O. The molecule has 1 aromatic rings. The molecule has 0 aliphatic heterocycles. The first kappa shape index (κ1) is 14.8. The Balaban J connectivity index is 2.27. The molecule has 0 radical (unpaired) electrons. The number of halogens is 2. The minimum atomic E-state index is -0.469. The summed E-state index contributed by atoms with van der Waals surface area (Å²) < 4.78 is 13.5. The van der Waals surface area contributed by atoms with Crippen LogP contribution in [0.2, 0.25) is 5.02 Å². The van der Waals surface area contributed by atoms with E-state index in [1.165, 1.54) is 6.07 Å². The summed E-state index contributed by atoms with van der Waals surface area (Å²) in [5, 5.41) is 10.7. The fourth-order valence-corrected chi connectivity index (χ4v) is 3.32. The molecule has 2 atom stereocenters. The second kappa shape index (κ2) is 5.04. The Morgan fingerprint density at radius 1 is 1.42 bits per heavy atom. The van der Waals surface area contributed by atoms with Crippen molar-refractivity contribution in [1.29, 1.82) is 0 Å². The van der Waals surface area contributed by atoms with Gasteiger partial charge in [-0.15, -0.1) is 0 Å². The van der Waals surface area contributed by atoms with Crippen LogP contribution in [0.5, 0.6) is 0 Å². The highest BCUT2D eigenvalue weighted by Crippen LogP contribution is 2.50. The van der Waals surface area contributed by atoms with Crippen molar-refractivity contribution in [3.8, 4) is 0 Å². The number of benzene rings is 1. The number of hydrogen-bond donors (Lipinski definition) is 2. The van der Waals surface area contributed by atoms with E-state index < -0.39 is 11.9 Å². The van der Waals surface area contributed by atoms with Crippen LogP contribution in [0.1, 0.15) is 32.3 Å². The third-order valence-electron chi connectivity index (χ3n) is 4.53. The molecule has 0 aromatic heterocycles. The Bertz CT molecular complexity index is 477. The molecule has 1 aliphatic rings. The first-order valence-electron chi connectivity index (χ1n) is 6.63. The van der Waals surface area contributed by atoms with E-state index in [2.05, 4.69) is 13.8 Å². The lowest BCUT2D eigenvalue weighted by molar-refractivity contribution is -0.00466. The predicted molar refractivity (Wildman–Crippen MR) is 75.6 cm³/mol. The van der Waals surface area contributed by atoms with Crippen LogP contribution < -0.4 is 5.73 Å². The van der Waals surface area contributed by atoms with Gasteiger partial charge in [0.05, 0.1) is 11.1 Å². The van der Waals surface area contributed by atoms with Crippen molar-refractivity contribution in [3.63, 3.8) is 0 Å². The summed E-state index contributed by atoms with van der Waals surface area (Å²) in [5.41, 5.74) is 6.26. The average Bonchev–Trinajstić information content (AvgIpc) is 2.59. The first-order valence-corrected chi connectivity index (χ1v) is 7.01. The molecule has 0 saturated heterocycles. The molecule has 0 bridgehead atoms. The van der Waals surface area contributed by atoms with Gasteiger partial charge in [0, 0.05) is 12.0 Å². The zero-order valence-electron chi connectivity index (χ0n) is 11.4. The minimum absolute atomic E-state index is 0.123. The molecule has 2 rings (SSSR count). The van der Waals surface area contributed by atoms with Crippen molar-refractivity contribution < 1.29 is 9.50 Å². The molecular formula is C15H21ClFNO. The lowest BCUT2D eigenvalue weighted by Gasteiger charge is -2.36. The summed E-state index contributed by atoms with van der Waals surface area (Å²) in [6.45, 7) is 4.51. The smallest absolute Gasteiger partial charge is 0.142 e. The third kappa shape index (κ3) is 2.64. The topological polar surface area (TPSA) is 46.2 Å². The van der Waals surface area contributed by atoms with Crippen molar-refractivity contribution >= 4 is 11.6 Å². The van der Waals surface area contributed by atoms with Crippen molar-refractivity contribution in [2.24, 2.45) is 16.6 Å². The van der Waals surface area contributed by atoms with Gasteiger partial charge in [-0.2, -0.15) is 0 Å². The van der Waals surface area contributed by atoms with Crippen LogP contribution in [0.3, 0.4) is 0 Å². The van der Waals surface area contributed by atoms with Crippen LogP contribution in [-0.2, 0) is 6.42 Å². The van der Waals surface area contributed by atoms with Crippen LogP contribution >= 0.6 is 11.6 Å². The first-order chi connectivity index (χ1) is 8.81. The van der Waals surface area contributed by atoms with Gasteiger partial charge in [0.1, 0.15) is 5.82 Å². The zero-order valence-corrected chi connectivity index (χ0v) is 12.2. The predicted octanol–water partition coefficient (Wildman–Crippen LogP) is 3.15. The van der Waals surface area contributed by atoms with E-state index in [9.17, 15) is 9.50 Å². The molecule has 19 heavy (non-hydrogen) atoms. The average molecular weight is 286 g/mol. The molecule has 1 aliphatic carbocycles. The lowest BCUT2D eigenvalue weighted by Crippen LogP contribution is -2.44. The molecule has 4 heteroatoms. The van der Waals surface area contributed by atoms with E-state index in [1.54, 1.807) is 12.1 Å². The van der Waals surface area contributed by atoms with Gasteiger partial charge in [0.15, 0.2) is 0 Å². The monoisotopic (exact) mass is 285 g/mol. The summed E-state index contributed by atoms with van der Waals surface area (Å²) in [4.78, 5) is 0. The molecule has 1 aromatic carbocycles. The van der Waals surface area contributed by atoms with Crippen LogP contribution in [0.25, 0.3) is 0 Å². The Morgan fingerprint density at radius 3 is 2.58 bits per heavy atom. The van der Waals surface area contributed by atoms with E-state index in [0.717, 1.165) is 18.4 Å². The van der Waals surface area contributed by atoms with Gasteiger partial charge in [-0.25, -0.2) is 4.39 Å². The maximum atomic E-state index is 13.5. The highest BCUT2D eigenvalue weighted by Gasteiger charge is 2.50. The van der Waals surface area contributed by atoms with Gasteiger partial charge in [-0.3, -0.25) is 0 Å². The maximum absolute atomic E-state index is 13.5. The lowest BCUT2D eigenvalue weighted by atomic mass is 9.74. The largest absolute Gasteiger partial charge is 0.392 e. The van der Waals surface area contributed by atoms with Gasteiger partial charge in [-0.1, -0.05) is 31.5 Å². The Kier molecular flexibility index (Phi) is 3.92. The standard InChI is InChI=1S/C15H21ClFNO/c1-14(2)5-6-15(9-18,13(14)19)8-10-3-4-11(16)12(17)7-10/h3-4,7,13,19H,5-6,8-9,18H2,1-2H3. The number of hydrogen-bond acceptors (Lipinski definition) is 2. The third-order valence-corrected chi connectivity index (χ3v) is 4.84. The van der Waals surface area contributed by atoms with Gasteiger partial charge in [0.2, 0.25) is 0 Å². The van der Waals surface area contributed by atoms with E-state index in [0.29, 0.717) is 13.0 Å². The number of rotatable bonds is 3. The highest BCUT2D eigenvalue weighted by molar-refractivity contribution is 6.30. The van der Waals surface area contributed by atoms with Crippen LogP contribution in [-0.4, -0.2) is 17.8 Å². The molecule has 0 spiro atoms. The van der Waals surface area contributed by atoms with Crippen molar-refractivity contribution in [3.05, 3.63) is 34.6 Å². The Hall–Kier alpha value is -0.640. The number of aliphatic hydroxyl groups is 1. The minimum Gasteiger partial charge on any atom is -0.392 e. The number of aliphatic hydroxyl groups excluding tert-OH is 1. The van der Waals surface area contributed by atoms with Crippen molar-refractivity contribution in [2.45, 2.75) is 39.2 Å². The second-order valence-electron chi connectivity index (χ2n) is 6.38. The fourth-order valence-electron chi connectivity index (χ4n) is 3.20. The zero-order chi connectivity index (χ0) is 14.3. The highest BCUT2D eigenvalue weighted by atomic mass is 35.5. The molecule has 1 fully saturated rings. The molecule has 2 unspecified atom stereocenters. The van der Waals surface area contributed by atoms with Gasteiger partial charge < -0.3 is 10.8 Å². The van der Waals surface area contributed by atoms with E-state index >= 15 is 0 Å². The number of nitrogens with two attached hydrogens (primary N) is 1. The van der Waals surface area contributed by atoms with Crippen molar-refractivity contribution in [2.75, 3.05) is 6.54 Å². The summed E-state index contributed by atoms with van der Waals surface area (Å²) in [6, 6.07) is 4.81. The summed E-state index contributed by atoms with van der Waals surface area (Å²) in [7, 11) is 0. The molecular weight excluding hydrogens is 265 g/mol. The van der Waals surface area contributed by atoms with Crippen LogP contribution in [0.4, 0.5) is 4.39 Å². The molecule has 0 heterocycles. The maximum Gasteiger partial charge on any atom is 0.142 e. The van der Waals surface area contributed by atoms with Crippen LogP contribution in [0.15, 0.2) is 18.2 Å². The van der Waals surface area contributed by atoms with E-state index in [1.807, 2.05) is 0 Å². The molecule has 1 saturated carbocycles. The Morgan fingerprint density at radius 2 is 2.11 bits per heavy atom. The van der Waals surface area contributed by atoms with Gasteiger partial charge in [0.25, 0.3) is 0 Å². The Labute approximate surface area is 118 Å². The van der Waals surface area contributed by atoms with E-state index in [-0.39, 0.29) is 15.9 Å². The van der Waals surface area contributed by atoms with Crippen LogP contribution in [0, 0.1) is 16.6 Å². The quantitative estimate of drug-likeness (QED) is 0.896. The molecule has 2 nitrogen and oxygen atoms in total. The van der Waals surface area contributed by atoms with Gasteiger partial charge in [-0.05, 0) is 42.4 Å². The molecule has 3 N–H and O–H groups in total. The molecule has 106 valence electrons. The second-order valence-corrected chi connectivity index (χ2v) is 6.79.